The molecule has 0 aliphatic carbocycles. The Labute approximate surface area is 224 Å². The van der Waals surface area contributed by atoms with E-state index in [0.29, 0.717) is 45.1 Å². The van der Waals surface area contributed by atoms with Crippen LogP contribution in [0.15, 0.2) is 77.7 Å². The topological polar surface area (TPSA) is 126 Å². The molecule has 9 heteroatoms. The van der Waals surface area contributed by atoms with Gasteiger partial charge in [0.25, 0.3) is 5.56 Å². The summed E-state index contributed by atoms with van der Waals surface area (Å²) in [6.07, 6.45) is 0.480. The molecule has 0 aliphatic heterocycles. The van der Waals surface area contributed by atoms with Gasteiger partial charge in [0, 0.05) is 24.8 Å². The molecule has 39 heavy (non-hydrogen) atoms. The molecule has 2 aromatic heterocycles. The van der Waals surface area contributed by atoms with Crippen molar-refractivity contribution in [1.29, 1.82) is 0 Å². The zero-order valence-electron chi connectivity index (χ0n) is 21.7. The Morgan fingerprint density at radius 2 is 1.74 bits per heavy atom. The average molecular weight is 526 g/mol. The minimum absolute atomic E-state index is 0.234. The van der Waals surface area contributed by atoms with Gasteiger partial charge in [-0.2, -0.15) is 0 Å². The number of methoxy groups -OCH3 is 2. The normalized spacial score (nSPS) is 11.9. The Kier molecular flexibility index (Phi) is 7.02. The number of benzene rings is 3. The van der Waals surface area contributed by atoms with Crippen LogP contribution >= 0.6 is 0 Å². The maximum Gasteiger partial charge on any atom is 0.304 e. The summed E-state index contributed by atoms with van der Waals surface area (Å²) in [6.45, 7) is 0.876. The van der Waals surface area contributed by atoms with Gasteiger partial charge in [-0.1, -0.05) is 18.2 Å². The summed E-state index contributed by atoms with van der Waals surface area (Å²) in [5, 5.41) is 12.9. The molecule has 0 aliphatic rings. The molecule has 5 aromatic rings. The molecule has 5 rings (SSSR count). The van der Waals surface area contributed by atoms with Crippen LogP contribution in [0.1, 0.15) is 24.3 Å². The van der Waals surface area contributed by atoms with E-state index in [-0.39, 0.29) is 5.56 Å². The molecule has 0 radical (unpaired) electrons. The van der Waals surface area contributed by atoms with E-state index in [2.05, 4.69) is 4.98 Å². The number of nitrogens with zero attached hydrogens (tertiary/aromatic N) is 2. The van der Waals surface area contributed by atoms with Crippen LogP contribution in [0.4, 0.5) is 0 Å². The third kappa shape index (κ3) is 4.69. The van der Waals surface area contributed by atoms with Gasteiger partial charge < -0.3 is 19.3 Å². The first-order chi connectivity index (χ1) is 18.9. The van der Waals surface area contributed by atoms with E-state index in [1.807, 2.05) is 30.3 Å². The first kappa shape index (κ1) is 25.9. The molecule has 2 heterocycles. The van der Waals surface area contributed by atoms with Crippen LogP contribution in [-0.4, -0.2) is 34.8 Å². The van der Waals surface area contributed by atoms with E-state index in [0.717, 1.165) is 16.2 Å². The molecular weight excluding hydrogens is 498 g/mol. The predicted molar refractivity (Wildman–Crippen MR) is 148 cm³/mol. The summed E-state index contributed by atoms with van der Waals surface area (Å²) in [5.74, 6) is 0.840. The van der Waals surface area contributed by atoms with Crippen molar-refractivity contribution in [1.82, 2.24) is 9.55 Å². The molecule has 0 spiro atoms. The van der Waals surface area contributed by atoms with Gasteiger partial charge in [-0.25, -0.2) is 4.98 Å². The van der Waals surface area contributed by atoms with Crippen LogP contribution in [0.3, 0.4) is 0 Å². The molecule has 0 saturated heterocycles. The number of para-hydroxylation sites is 1. The van der Waals surface area contributed by atoms with Crippen molar-refractivity contribution >= 4 is 27.6 Å². The molecule has 1 atom stereocenters. The predicted octanol–water partition coefficient (Wildman–Crippen LogP) is 4.24. The number of aliphatic hydroxyl groups excluding tert-OH is 1. The molecule has 1 unspecified atom stereocenters. The smallest absolute Gasteiger partial charge is 0.304 e. The third-order valence-corrected chi connectivity index (χ3v) is 6.61. The SMILES string of the molecule is COc1cc2cc(C(N)OC(C)=O)c(CO)c(-c3ccnc(-n4c(=O)ccc5ccccc54)c3)c2cc1OC. The summed E-state index contributed by atoms with van der Waals surface area (Å²) < 4.78 is 17.9. The highest BCUT2D eigenvalue weighted by atomic mass is 16.6. The summed E-state index contributed by atoms with van der Waals surface area (Å²) in [7, 11) is 3.08. The van der Waals surface area contributed by atoms with Crippen molar-refractivity contribution < 1.29 is 24.1 Å². The zero-order chi connectivity index (χ0) is 27.7. The van der Waals surface area contributed by atoms with Crippen LogP contribution in [0.25, 0.3) is 38.6 Å². The highest BCUT2D eigenvalue weighted by Gasteiger charge is 2.23. The van der Waals surface area contributed by atoms with E-state index in [4.69, 9.17) is 19.9 Å². The Bertz CT molecular complexity index is 1780. The quantitative estimate of drug-likeness (QED) is 0.239. The number of carbonyl (C=O) groups excluding carboxylic acids is 1. The Hall–Kier alpha value is -4.73. The van der Waals surface area contributed by atoms with Gasteiger partial charge in [-0.05, 0) is 75.3 Å². The molecule has 3 N–H and O–H groups in total. The minimum Gasteiger partial charge on any atom is -0.493 e. The van der Waals surface area contributed by atoms with Crippen LogP contribution < -0.4 is 20.8 Å². The third-order valence-electron chi connectivity index (χ3n) is 6.61. The number of carbonyl (C=O) groups is 1. The van der Waals surface area contributed by atoms with Crippen LogP contribution in [0.5, 0.6) is 11.5 Å². The van der Waals surface area contributed by atoms with E-state index >= 15 is 0 Å². The lowest BCUT2D eigenvalue weighted by Crippen LogP contribution is -2.20. The number of aliphatic hydroxyl groups is 1. The van der Waals surface area contributed by atoms with Gasteiger partial charge in [0.2, 0.25) is 0 Å². The standard InChI is InChI=1S/C30H27N3O6/c1-17(35)39-30(31)22-12-20-13-25(37-2)26(38-3)15-21(20)29(23(22)16-34)19-10-11-32-27(14-19)33-24-7-5-4-6-18(24)8-9-28(33)36/h4-15,30,34H,16,31H2,1-3H3. The lowest BCUT2D eigenvalue weighted by Gasteiger charge is -2.22. The van der Waals surface area contributed by atoms with E-state index in [1.165, 1.54) is 24.7 Å². The highest BCUT2D eigenvalue weighted by molar-refractivity contribution is 6.01. The molecule has 0 bridgehead atoms. The number of ether oxygens (including phenoxy) is 3. The number of pyridine rings is 2. The zero-order valence-corrected chi connectivity index (χ0v) is 21.7. The molecule has 0 fully saturated rings. The van der Waals surface area contributed by atoms with Gasteiger partial charge in [0.15, 0.2) is 17.7 Å². The fourth-order valence-corrected chi connectivity index (χ4v) is 4.91. The molecule has 0 amide bonds. The molecule has 9 nitrogen and oxygen atoms in total. The fraction of sp³-hybridized carbons (Fsp3) is 0.167. The summed E-state index contributed by atoms with van der Waals surface area (Å²) in [6, 6.07) is 19.7. The number of hydrogen-bond donors (Lipinski definition) is 2. The van der Waals surface area contributed by atoms with Gasteiger partial charge >= 0.3 is 5.97 Å². The monoisotopic (exact) mass is 525 g/mol. The van der Waals surface area contributed by atoms with Gasteiger partial charge in [-0.15, -0.1) is 0 Å². The Balaban J connectivity index is 1.84. The summed E-state index contributed by atoms with van der Waals surface area (Å²) in [4.78, 5) is 29.2. The fourth-order valence-electron chi connectivity index (χ4n) is 4.91. The number of aromatic nitrogens is 2. The minimum atomic E-state index is -1.12. The van der Waals surface area contributed by atoms with E-state index in [1.54, 1.807) is 43.6 Å². The summed E-state index contributed by atoms with van der Waals surface area (Å²) >= 11 is 0. The summed E-state index contributed by atoms with van der Waals surface area (Å²) in [5.41, 5.74) is 8.94. The lowest BCUT2D eigenvalue weighted by molar-refractivity contribution is -0.146. The number of esters is 1. The highest BCUT2D eigenvalue weighted by Crippen LogP contribution is 2.42. The second-order valence-corrected chi connectivity index (χ2v) is 8.90. The maximum absolute atomic E-state index is 13.0. The number of hydrogen-bond acceptors (Lipinski definition) is 8. The van der Waals surface area contributed by atoms with Crippen LogP contribution in [0, 0.1) is 0 Å². The van der Waals surface area contributed by atoms with Gasteiger partial charge in [0.05, 0.1) is 26.3 Å². The van der Waals surface area contributed by atoms with Crippen LogP contribution in [-0.2, 0) is 16.1 Å². The van der Waals surface area contributed by atoms with Gasteiger partial charge in [-0.3, -0.25) is 19.9 Å². The largest absolute Gasteiger partial charge is 0.493 e. The van der Waals surface area contributed by atoms with Crippen molar-refractivity contribution in [3.63, 3.8) is 0 Å². The van der Waals surface area contributed by atoms with Crippen LogP contribution in [0.2, 0.25) is 0 Å². The second-order valence-electron chi connectivity index (χ2n) is 8.90. The Morgan fingerprint density at radius 3 is 2.46 bits per heavy atom. The van der Waals surface area contributed by atoms with E-state index < -0.39 is 18.8 Å². The van der Waals surface area contributed by atoms with Crippen molar-refractivity contribution in [2.24, 2.45) is 5.73 Å². The van der Waals surface area contributed by atoms with Gasteiger partial charge in [0.1, 0.15) is 5.82 Å². The number of fused-ring (bicyclic) bond motifs is 2. The van der Waals surface area contributed by atoms with Crippen molar-refractivity contribution in [2.75, 3.05) is 14.2 Å². The maximum atomic E-state index is 13.0. The number of rotatable bonds is 7. The van der Waals surface area contributed by atoms with E-state index in [9.17, 15) is 14.7 Å². The first-order valence-electron chi connectivity index (χ1n) is 12.2. The van der Waals surface area contributed by atoms with Crippen molar-refractivity contribution in [3.05, 3.63) is 94.4 Å². The Morgan fingerprint density at radius 1 is 1.00 bits per heavy atom. The average Bonchev–Trinajstić information content (AvgIpc) is 2.94. The lowest BCUT2D eigenvalue weighted by atomic mass is 9.89. The molecule has 3 aromatic carbocycles. The molecule has 0 saturated carbocycles. The molecule has 198 valence electrons. The molecular formula is C30H27N3O6. The second kappa shape index (κ2) is 10.6. The number of nitrogens with two attached hydrogens (primary N) is 1. The van der Waals surface area contributed by atoms with Crippen molar-refractivity contribution in [3.8, 4) is 28.4 Å². The first-order valence-corrected chi connectivity index (χ1v) is 12.2. The van der Waals surface area contributed by atoms with Crippen molar-refractivity contribution in [2.45, 2.75) is 19.8 Å².